The molecule has 0 rings (SSSR count). The number of quaternary nitrogens is 1. The summed E-state index contributed by atoms with van der Waals surface area (Å²) in [6.45, 7) is 0.664. The average molecular weight is 236 g/mol. The molecule has 6 heteroatoms. The Kier molecular flexibility index (Phi) is 7.62. The van der Waals surface area contributed by atoms with Gasteiger partial charge in [-0.3, -0.25) is 0 Å². The number of rotatable bonds is 3. The minimum atomic E-state index is -2.81. The molecule has 0 aliphatic rings. The molecule has 0 aliphatic heterocycles. The lowest BCUT2D eigenvalue weighted by Crippen LogP contribution is -3.00. The molecule has 0 amide bonds. The Labute approximate surface area is 69.5 Å². The minimum Gasteiger partial charge on any atom is -1.00 e. The highest BCUT2D eigenvalue weighted by Crippen LogP contribution is 2.06. The fourth-order valence-corrected chi connectivity index (χ4v) is 1.89. The molecule has 0 aromatic heterocycles. The molecule has 0 saturated carbocycles. The zero-order valence-electron chi connectivity index (χ0n) is 5.13. The molecule has 58 valence electrons. The minimum absolute atomic E-state index is 0. The summed E-state index contributed by atoms with van der Waals surface area (Å²) in [4.78, 5) is 0. The van der Waals surface area contributed by atoms with Gasteiger partial charge in [0.1, 0.15) is 0 Å². The van der Waals surface area contributed by atoms with E-state index in [2.05, 4.69) is 5.73 Å². The Balaban J connectivity index is 0. The van der Waals surface area contributed by atoms with E-state index < -0.39 is 8.87 Å². The van der Waals surface area contributed by atoms with Gasteiger partial charge in [0.15, 0.2) is 8.87 Å². The largest absolute Gasteiger partial charge is 1.00 e. The fourth-order valence-electron chi connectivity index (χ4n) is 0.210. The maximum absolute atomic E-state index is 10.3. The van der Waals surface area contributed by atoms with Gasteiger partial charge >= 0.3 is 0 Å². The second kappa shape index (κ2) is 5.52. The predicted molar refractivity (Wildman–Crippen MR) is 35.1 cm³/mol. The molecule has 0 saturated heterocycles. The van der Waals surface area contributed by atoms with Gasteiger partial charge in [0.25, 0.3) is 0 Å². The zero-order valence-corrected chi connectivity index (χ0v) is 8.35. The lowest BCUT2D eigenvalue weighted by Gasteiger charge is -1.89. The first-order chi connectivity index (χ1) is 3.56. The molecular weight excluding hydrogens is 226 g/mol. The summed E-state index contributed by atoms with van der Waals surface area (Å²) in [5.41, 5.74) is 3.50. The van der Waals surface area contributed by atoms with Crippen molar-refractivity contribution in [2.75, 3.05) is 18.6 Å². The van der Waals surface area contributed by atoms with Crippen molar-refractivity contribution in [2.24, 2.45) is 0 Å². The van der Waals surface area contributed by atoms with E-state index in [1.54, 1.807) is 0 Å². The van der Waals surface area contributed by atoms with E-state index in [-0.39, 0.29) is 17.0 Å². The van der Waals surface area contributed by atoms with Gasteiger partial charge in [0.05, 0.1) is 12.3 Å². The molecule has 0 heterocycles. The van der Waals surface area contributed by atoms with Crippen LogP contribution in [0.3, 0.4) is 0 Å². The highest BCUT2D eigenvalue weighted by atomic mass is 79.9. The first-order valence-corrected chi connectivity index (χ1v) is 5.59. The highest BCUT2D eigenvalue weighted by molar-refractivity contribution is 8.71. The molecule has 0 spiro atoms. The Bertz CT molecular complexity index is 144. The lowest BCUT2D eigenvalue weighted by molar-refractivity contribution is -0.360. The van der Waals surface area contributed by atoms with Crippen molar-refractivity contribution in [1.82, 2.24) is 0 Å². The quantitative estimate of drug-likeness (QED) is 0.507. The molecule has 0 bridgehead atoms. The summed E-state index contributed by atoms with van der Waals surface area (Å²) in [6, 6.07) is 0. The van der Waals surface area contributed by atoms with Gasteiger partial charge in [0.2, 0.25) is 0 Å². The van der Waals surface area contributed by atoms with Crippen molar-refractivity contribution in [3.8, 4) is 0 Å². The van der Waals surface area contributed by atoms with E-state index in [1.165, 1.54) is 6.26 Å². The van der Waals surface area contributed by atoms with E-state index in [9.17, 15) is 8.42 Å². The summed E-state index contributed by atoms with van der Waals surface area (Å²) in [5, 5.41) is 0. The van der Waals surface area contributed by atoms with Crippen LogP contribution in [0.2, 0.25) is 0 Å². The maximum atomic E-state index is 10.3. The van der Waals surface area contributed by atoms with Gasteiger partial charge in [-0.25, -0.2) is 8.42 Å². The Morgan fingerprint density at radius 1 is 1.56 bits per heavy atom. The van der Waals surface area contributed by atoms with Crippen LogP contribution in [0, 0.1) is 0 Å². The van der Waals surface area contributed by atoms with E-state index in [0.717, 1.165) is 10.8 Å². The first kappa shape index (κ1) is 12.4. The molecule has 0 atom stereocenters. The van der Waals surface area contributed by atoms with Gasteiger partial charge in [0, 0.05) is 6.26 Å². The van der Waals surface area contributed by atoms with Crippen molar-refractivity contribution < 1.29 is 31.1 Å². The van der Waals surface area contributed by atoms with Crippen LogP contribution < -0.4 is 22.7 Å². The third-order valence-electron chi connectivity index (χ3n) is 0.442. The molecule has 0 unspecified atom stereocenters. The van der Waals surface area contributed by atoms with Crippen LogP contribution in [0.25, 0.3) is 0 Å². The van der Waals surface area contributed by atoms with E-state index >= 15 is 0 Å². The SMILES string of the molecule is CS(=O)(=O)SCC[NH3+].[Br-]. The number of hydrogen-bond donors (Lipinski definition) is 1. The van der Waals surface area contributed by atoms with Crippen molar-refractivity contribution >= 4 is 19.7 Å². The van der Waals surface area contributed by atoms with Crippen LogP contribution in [0.5, 0.6) is 0 Å². The maximum Gasteiger partial charge on any atom is 0.198 e. The summed E-state index contributed by atoms with van der Waals surface area (Å²) in [6.07, 6.45) is 1.20. The van der Waals surface area contributed by atoms with Gasteiger partial charge < -0.3 is 22.7 Å². The number of hydrogen-bond acceptors (Lipinski definition) is 3. The smallest absolute Gasteiger partial charge is 0.198 e. The van der Waals surface area contributed by atoms with E-state index in [0.29, 0.717) is 12.3 Å². The Morgan fingerprint density at radius 3 is 2.11 bits per heavy atom. The van der Waals surface area contributed by atoms with Crippen LogP contribution in [0.4, 0.5) is 0 Å². The summed E-state index contributed by atoms with van der Waals surface area (Å²) < 4.78 is 20.7. The van der Waals surface area contributed by atoms with E-state index in [1.807, 2.05) is 0 Å². The first-order valence-electron chi connectivity index (χ1n) is 2.20. The fraction of sp³-hybridized carbons (Fsp3) is 1.00. The monoisotopic (exact) mass is 235 g/mol. The molecule has 0 aromatic rings. The Hall–Kier alpha value is 0.740. The lowest BCUT2D eigenvalue weighted by atomic mass is 10.8. The van der Waals surface area contributed by atoms with Crippen molar-refractivity contribution in [1.29, 1.82) is 0 Å². The molecule has 0 aromatic carbocycles. The normalized spacial score (nSPS) is 10.4. The third-order valence-corrected chi connectivity index (χ3v) is 3.11. The molecular formula is C3H10BrNO2S2. The van der Waals surface area contributed by atoms with Crippen molar-refractivity contribution in [3.05, 3.63) is 0 Å². The van der Waals surface area contributed by atoms with Crippen LogP contribution in [-0.2, 0) is 8.87 Å². The molecule has 9 heavy (non-hydrogen) atoms. The second-order valence-electron chi connectivity index (χ2n) is 1.38. The van der Waals surface area contributed by atoms with Gasteiger partial charge in [-0.2, -0.15) is 0 Å². The van der Waals surface area contributed by atoms with Crippen LogP contribution in [0.1, 0.15) is 0 Å². The third kappa shape index (κ3) is 12.1. The molecule has 0 radical (unpaired) electrons. The molecule has 3 nitrogen and oxygen atoms in total. The molecule has 0 fully saturated rings. The average Bonchev–Trinajstić information content (AvgIpc) is 1.59. The van der Waals surface area contributed by atoms with Crippen LogP contribution in [-0.4, -0.2) is 27.0 Å². The Morgan fingerprint density at radius 2 is 2.00 bits per heavy atom. The van der Waals surface area contributed by atoms with Crippen molar-refractivity contribution in [3.63, 3.8) is 0 Å². The zero-order chi connectivity index (χ0) is 6.62. The predicted octanol–water partition coefficient (Wildman–Crippen LogP) is -4.07. The second-order valence-corrected chi connectivity index (χ2v) is 5.96. The van der Waals surface area contributed by atoms with Gasteiger partial charge in [-0.15, -0.1) is 0 Å². The van der Waals surface area contributed by atoms with Gasteiger partial charge in [-0.05, 0) is 10.8 Å². The topological polar surface area (TPSA) is 61.8 Å². The van der Waals surface area contributed by atoms with E-state index in [4.69, 9.17) is 0 Å². The van der Waals surface area contributed by atoms with Crippen LogP contribution >= 0.6 is 10.8 Å². The van der Waals surface area contributed by atoms with Crippen molar-refractivity contribution in [2.45, 2.75) is 0 Å². The van der Waals surface area contributed by atoms with Gasteiger partial charge in [-0.1, -0.05) is 0 Å². The summed E-state index contributed by atoms with van der Waals surface area (Å²) in [5.74, 6) is 0.596. The van der Waals surface area contributed by atoms with Crippen LogP contribution in [0.15, 0.2) is 0 Å². The molecule has 3 N–H and O–H groups in total. The standard InChI is InChI=1S/C3H9NO2S2.BrH/c1-8(5,6)7-3-2-4;/h2-4H2,1H3;1H. The summed E-state index contributed by atoms with van der Waals surface area (Å²) >= 11 is 0. The number of halogens is 1. The summed E-state index contributed by atoms with van der Waals surface area (Å²) in [7, 11) is -1.87. The highest BCUT2D eigenvalue weighted by Gasteiger charge is 1.99. The molecule has 0 aliphatic carbocycles.